The quantitative estimate of drug-likeness (QED) is 0.794. The fourth-order valence-corrected chi connectivity index (χ4v) is 3.22. The lowest BCUT2D eigenvalue weighted by molar-refractivity contribution is 0.0968. The first-order chi connectivity index (χ1) is 10.3. The first kappa shape index (κ1) is 12.6. The number of hydrogen-bond acceptors (Lipinski definition) is 2. The molecule has 106 valence electrons. The van der Waals surface area contributed by atoms with Gasteiger partial charge in [-0.05, 0) is 42.5 Å². The molecule has 0 aromatic heterocycles. The summed E-state index contributed by atoms with van der Waals surface area (Å²) in [5, 5.41) is 0. The van der Waals surface area contributed by atoms with E-state index < -0.39 is 0 Å². The molecule has 0 radical (unpaired) electrons. The molecule has 4 rings (SSSR count). The predicted octanol–water partition coefficient (Wildman–Crippen LogP) is 3.84. The number of nitrogens with zero attached hydrogens (tertiary/aromatic N) is 1. The van der Waals surface area contributed by atoms with Gasteiger partial charge in [-0.25, -0.2) is 0 Å². The minimum Gasteiger partial charge on any atom is -0.366 e. The van der Waals surface area contributed by atoms with Crippen LogP contribution >= 0.6 is 0 Å². The van der Waals surface area contributed by atoms with Gasteiger partial charge in [0.2, 0.25) is 0 Å². The standard InChI is InChI=1S/C19H19NO/c21-19(15-9-10-15)17-7-3-4-8-18(17)20-12-11-14-5-1-2-6-16(14)13-20/h1-8,15H,9-13H2. The summed E-state index contributed by atoms with van der Waals surface area (Å²) in [4.78, 5) is 14.8. The molecule has 0 saturated heterocycles. The lowest BCUT2D eigenvalue weighted by Gasteiger charge is -2.32. The number of anilines is 1. The third-order valence-corrected chi connectivity index (χ3v) is 4.59. The van der Waals surface area contributed by atoms with Gasteiger partial charge in [0.05, 0.1) is 0 Å². The highest BCUT2D eigenvalue weighted by Crippen LogP contribution is 2.36. The van der Waals surface area contributed by atoms with E-state index in [2.05, 4.69) is 35.2 Å². The predicted molar refractivity (Wildman–Crippen MR) is 84.7 cm³/mol. The molecule has 1 heterocycles. The van der Waals surface area contributed by atoms with E-state index >= 15 is 0 Å². The van der Waals surface area contributed by atoms with Gasteiger partial charge >= 0.3 is 0 Å². The molecular formula is C19H19NO. The summed E-state index contributed by atoms with van der Waals surface area (Å²) in [6, 6.07) is 16.7. The van der Waals surface area contributed by atoms with Gasteiger partial charge < -0.3 is 4.90 Å². The number of carbonyl (C=O) groups excluding carboxylic acids is 1. The highest BCUT2D eigenvalue weighted by Gasteiger charge is 2.32. The molecule has 21 heavy (non-hydrogen) atoms. The van der Waals surface area contributed by atoms with Gasteiger partial charge in [-0.1, -0.05) is 36.4 Å². The first-order valence-corrected chi connectivity index (χ1v) is 7.78. The summed E-state index contributed by atoms with van der Waals surface area (Å²) in [5.41, 5.74) is 4.86. The van der Waals surface area contributed by atoms with Crippen LogP contribution in [0.1, 0.15) is 34.3 Å². The summed E-state index contributed by atoms with van der Waals surface area (Å²) in [7, 11) is 0. The largest absolute Gasteiger partial charge is 0.366 e. The lowest BCUT2D eigenvalue weighted by Crippen LogP contribution is -2.31. The van der Waals surface area contributed by atoms with Crippen molar-refractivity contribution in [2.75, 3.05) is 11.4 Å². The molecule has 2 aromatic rings. The van der Waals surface area contributed by atoms with Crippen LogP contribution in [0.25, 0.3) is 0 Å². The molecule has 1 aliphatic heterocycles. The Kier molecular flexibility index (Phi) is 3.03. The van der Waals surface area contributed by atoms with E-state index in [1.807, 2.05) is 18.2 Å². The Morgan fingerprint density at radius 2 is 1.67 bits per heavy atom. The van der Waals surface area contributed by atoms with Crippen molar-refractivity contribution in [3.63, 3.8) is 0 Å². The number of para-hydroxylation sites is 1. The average Bonchev–Trinajstić information content (AvgIpc) is 3.39. The molecule has 0 bridgehead atoms. The van der Waals surface area contributed by atoms with Crippen molar-refractivity contribution in [1.82, 2.24) is 0 Å². The minimum atomic E-state index is 0.281. The summed E-state index contributed by atoms with van der Waals surface area (Å²) in [5.74, 6) is 0.618. The zero-order chi connectivity index (χ0) is 14.2. The first-order valence-electron chi connectivity index (χ1n) is 7.78. The highest BCUT2D eigenvalue weighted by atomic mass is 16.1. The van der Waals surface area contributed by atoms with E-state index in [4.69, 9.17) is 0 Å². The van der Waals surface area contributed by atoms with Crippen LogP contribution in [-0.2, 0) is 13.0 Å². The molecule has 0 N–H and O–H groups in total. The van der Waals surface area contributed by atoms with E-state index in [9.17, 15) is 4.79 Å². The second-order valence-corrected chi connectivity index (χ2v) is 6.10. The van der Waals surface area contributed by atoms with Crippen molar-refractivity contribution in [2.24, 2.45) is 5.92 Å². The summed E-state index contributed by atoms with van der Waals surface area (Å²) >= 11 is 0. The van der Waals surface area contributed by atoms with Crippen LogP contribution in [0.15, 0.2) is 48.5 Å². The van der Waals surface area contributed by atoms with Crippen LogP contribution < -0.4 is 4.90 Å². The van der Waals surface area contributed by atoms with Crippen molar-refractivity contribution in [3.05, 3.63) is 65.2 Å². The molecule has 2 heteroatoms. The van der Waals surface area contributed by atoms with Crippen molar-refractivity contribution >= 4 is 11.5 Å². The number of Topliss-reactive ketones (excluding diaryl/α,β-unsaturated/α-hetero) is 1. The average molecular weight is 277 g/mol. The molecule has 1 saturated carbocycles. The van der Waals surface area contributed by atoms with Crippen LogP contribution in [0.4, 0.5) is 5.69 Å². The Bertz CT molecular complexity index is 687. The number of benzene rings is 2. The fraction of sp³-hybridized carbons (Fsp3) is 0.316. The maximum absolute atomic E-state index is 12.5. The molecule has 2 aliphatic rings. The van der Waals surface area contributed by atoms with Crippen LogP contribution in [0, 0.1) is 5.92 Å². The SMILES string of the molecule is O=C(c1ccccc1N1CCc2ccccc2C1)C1CC1. The van der Waals surface area contributed by atoms with Gasteiger partial charge in [0, 0.05) is 30.3 Å². The fourth-order valence-electron chi connectivity index (χ4n) is 3.22. The van der Waals surface area contributed by atoms with Crippen LogP contribution in [0.2, 0.25) is 0 Å². The summed E-state index contributed by atoms with van der Waals surface area (Å²) < 4.78 is 0. The smallest absolute Gasteiger partial charge is 0.168 e. The lowest BCUT2D eigenvalue weighted by atomic mass is 9.97. The molecule has 0 unspecified atom stereocenters. The van der Waals surface area contributed by atoms with Gasteiger partial charge in [-0.2, -0.15) is 0 Å². The van der Waals surface area contributed by atoms with Crippen molar-refractivity contribution in [1.29, 1.82) is 0 Å². The highest BCUT2D eigenvalue weighted by molar-refractivity contribution is 6.04. The zero-order valence-corrected chi connectivity index (χ0v) is 12.1. The van der Waals surface area contributed by atoms with Crippen molar-refractivity contribution < 1.29 is 4.79 Å². The molecule has 2 aromatic carbocycles. The Morgan fingerprint density at radius 3 is 2.48 bits per heavy atom. The van der Waals surface area contributed by atoms with Gasteiger partial charge in [0.15, 0.2) is 5.78 Å². The second kappa shape index (κ2) is 5.03. The Morgan fingerprint density at radius 1 is 0.952 bits per heavy atom. The maximum Gasteiger partial charge on any atom is 0.168 e. The molecule has 1 fully saturated rings. The van der Waals surface area contributed by atoms with E-state index in [0.29, 0.717) is 5.78 Å². The van der Waals surface area contributed by atoms with Gasteiger partial charge in [-0.15, -0.1) is 0 Å². The number of hydrogen-bond donors (Lipinski definition) is 0. The normalized spacial score (nSPS) is 17.4. The molecule has 0 atom stereocenters. The van der Waals surface area contributed by atoms with Crippen LogP contribution in [0.3, 0.4) is 0 Å². The number of ketones is 1. The van der Waals surface area contributed by atoms with Gasteiger partial charge in [-0.3, -0.25) is 4.79 Å². The Hall–Kier alpha value is -2.09. The third-order valence-electron chi connectivity index (χ3n) is 4.59. The van der Waals surface area contributed by atoms with Crippen LogP contribution in [-0.4, -0.2) is 12.3 Å². The third kappa shape index (κ3) is 2.35. The summed E-state index contributed by atoms with van der Waals surface area (Å²) in [6.45, 7) is 1.90. The molecule has 1 aliphatic carbocycles. The summed E-state index contributed by atoms with van der Waals surface area (Å²) in [6.07, 6.45) is 3.19. The molecular weight excluding hydrogens is 258 g/mol. The molecule has 0 spiro atoms. The van der Waals surface area contributed by atoms with Gasteiger partial charge in [0.25, 0.3) is 0 Å². The van der Waals surface area contributed by atoms with E-state index in [1.54, 1.807) is 0 Å². The van der Waals surface area contributed by atoms with E-state index in [1.165, 1.54) is 11.1 Å². The Balaban J connectivity index is 1.67. The van der Waals surface area contributed by atoms with Gasteiger partial charge in [0.1, 0.15) is 0 Å². The topological polar surface area (TPSA) is 20.3 Å². The van der Waals surface area contributed by atoms with Crippen molar-refractivity contribution in [2.45, 2.75) is 25.8 Å². The number of rotatable bonds is 3. The molecule has 2 nitrogen and oxygen atoms in total. The number of carbonyl (C=O) groups is 1. The maximum atomic E-state index is 12.5. The number of fused-ring (bicyclic) bond motifs is 1. The Labute approximate surface area is 125 Å². The van der Waals surface area contributed by atoms with Crippen LogP contribution in [0.5, 0.6) is 0 Å². The monoisotopic (exact) mass is 277 g/mol. The molecule has 0 amide bonds. The van der Waals surface area contributed by atoms with E-state index in [0.717, 1.165) is 43.6 Å². The van der Waals surface area contributed by atoms with E-state index in [-0.39, 0.29) is 5.92 Å². The van der Waals surface area contributed by atoms with Crippen molar-refractivity contribution in [3.8, 4) is 0 Å². The zero-order valence-electron chi connectivity index (χ0n) is 12.1. The minimum absolute atomic E-state index is 0.281. The second-order valence-electron chi connectivity index (χ2n) is 6.10.